The minimum Gasteiger partial charge on any atom is -0.225 e. The van der Waals surface area contributed by atoms with Crippen molar-refractivity contribution in [3.8, 4) is 22.3 Å². The highest BCUT2D eigenvalue weighted by Crippen LogP contribution is 2.40. The Kier molecular flexibility index (Phi) is 5.42. The Labute approximate surface area is 167 Å². The van der Waals surface area contributed by atoms with Crippen LogP contribution in [0.15, 0.2) is 59.5 Å². The lowest BCUT2D eigenvalue weighted by Crippen LogP contribution is -2.11. The second-order valence-corrected chi connectivity index (χ2v) is 8.04. The van der Waals surface area contributed by atoms with Gasteiger partial charge in [-0.2, -0.15) is 13.2 Å². The van der Waals surface area contributed by atoms with Crippen molar-refractivity contribution >= 4 is 21.6 Å². The molecule has 0 saturated carbocycles. The molecule has 0 saturated heterocycles. The van der Waals surface area contributed by atoms with Crippen molar-refractivity contribution in [1.82, 2.24) is 0 Å². The molecule has 0 unspecified atom stereocenters. The van der Waals surface area contributed by atoms with Gasteiger partial charge in [-0.05, 0) is 58.7 Å². The van der Waals surface area contributed by atoms with Crippen molar-refractivity contribution in [2.24, 2.45) is 5.14 Å². The van der Waals surface area contributed by atoms with Gasteiger partial charge in [-0.15, -0.1) is 0 Å². The molecule has 2 N–H and O–H groups in total. The Morgan fingerprint density at radius 1 is 0.793 bits per heavy atom. The zero-order valence-electron chi connectivity index (χ0n) is 14.3. The van der Waals surface area contributed by atoms with Gasteiger partial charge in [0.05, 0.1) is 15.5 Å². The smallest absolute Gasteiger partial charge is 0.225 e. The first-order chi connectivity index (χ1) is 13.4. The number of hydrogen-bond acceptors (Lipinski definition) is 2. The van der Waals surface area contributed by atoms with Crippen LogP contribution in [0.2, 0.25) is 5.02 Å². The second kappa shape index (κ2) is 7.40. The van der Waals surface area contributed by atoms with E-state index in [4.69, 9.17) is 16.7 Å². The fourth-order valence-corrected chi connectivity index (χ4v) is 3.50. The van der Waals surface area contributed by atoms with Crippen LogP contribution in [-0.4, -0.2) is 8.42 Å². The molecule has 0 bridgehead atoms. The van der Waals surface area contributed by atoms with E-state index in [2.05, 4.69) is 0 Å². The molecule has 3 aromatic carbocycles. The normalized spacial score (nSPS) is 12.2. The standard InChI is InChI=1S/C19H11ClF5NO2S/c20-16-6-3-11(7-15(16)19(23,24)25)14-9-18(22)17(21)8-13(14)10-1-4-12(5-2-10)29(26,27)28/h1-9H,(H2,26,27,28). The van der Waals surface area contributed by atoms with E-state index in [0.29, 0.717) is 0 Å². The summed E-state index contributed by atoms with van der Waals surface area (Å²) in [5, 5.41) is 4.49. The van der Waals surface area contributed by atoms with E-state index in [-0.39, 0.29) is 27.1 Å². The van der Waals surface area contributed by atoms with Crippen LogP contribution in [0.25, 0.3) is 22.3 Å². The Morgan fingerprint density at radius 3 is 1.76 bits per heavy atom. The zero-order valence-corrected chi connectivity index (χ0v) is 15.8. The third-order valence-electron chi connectivity index (χ3n) is 4.14. The molecule has 29 heavy (non-hydrogen) atoms. The van der Waals surface area contributed by atoms with Crippen molar-refractivity contribution in [2.75, 3.05) is 0 Å². The summed E-state index contributed by atoms with van der Waals surface area (Å²) in [5.41, 5.74) is -0.910. The van der Waals surface area contributed by atoms with Gasteiger partial charge in [-0.25, -0.2) is 22.3 Å². The first kappa shape index (κ1) is 21.2. The highest BCUT2D eigenvalue weighted by atomic mass is 35.5. The number of halogens is 6. The summed E-state index contributed by atoms with van der Waals surface area (Å²) in [6, 6.07) is 9.45. The maximum Gasteiger partial charge on any atom is 0.417 e. The molecule has 3 aromatic rings. The molecule has 152 valence electrons. The summed E-state index contributed by atoms with van der Waals surface area (Å²) < 4.78 is 90.0. The van der Waals surface area contributed by atoms with Crippen LogP contribution >= 0.6 is 11.6 Å². The van der Waals surface area contributed by atoms with Gasteiger partial charge in [0.1, 0.15) is 0 Å². The lowest BCUT2D eigenvalue weighted by Gasteiger charge is -2.15. The van der Waals surface area contributed by atoms with Gasteiger partial charge in [0.25, 0.3) is 0 Å². The molecule has 0 fully saturated rings. The van der Waals surface area contributed by atoms with Gasteiger partial charge in [-0.1, -0.05) is 29.8 Å². The Hall–Kier alpha value is -2.49. The summed E-state index contributed by atoms with van der Waals surface area (Å²) in [6.45, 7) is 0. The average molecular weight is 448 g/mol. The van der Waals surface area contributed by atoms with E-state index in [1.807, 2.05) is 0 Å². The lowest BCUT2D eigenvalue weighted by molar-refractivity contribution is -0.137. The summed E-state index contributed by atoms with van der Waals surface area (Å²) >= 11 is 5.62. The molecule has 0 radical (unpaired) electrons. The molecule has 0 heterocycles. The SMILES string of the molecule is NS(=O)(=O)c1ccc(-c2cc(F)c(F)cc2-c2ccc(Cl)c(C(F)(F)F)c2)cc1. The highest BCUT2D eigenvalue weighted by Gasteiger charge is 2.33. The van der Waals surface area contributed by atoms with Crippen molar-refractivity contribution < 1.29 is 30.4 Å². The van der Waals surface area contributed by atoms with E-state index in [9.17, 15) is 30.4 Å². The number of nitrogens with two attached hydrogens (primary N) is 1. The van der Waals surface area contributed by atoms with Gasteiger partial charge in [0, 0.05) is 0 Å². The predicted molar refractivity (Wildman–Crippen MR) is 98.6 cm³/mol. The van der Waals surface area contributed by atoms with Crippen molar-refractivity contribution in [3.63, 3.8) is 0 Å². The molecule has 0 aliphatic carbocycles. The minimum atomic E-state index is -4.75. The van der Waals surface area contributed by atoms with E-state index >= 15 is 0 Å². The van der Waals surface area contributed by atoms with E-state index < -0.39 is 38.4 Å². The van der Waals surface area contributed by atoms with Crippen LogP contribution in [0.4, 0.5) is 22.0 Å². The first-order valence-electron chi connectivity index (χ1n) is 7.87. The molecule has 0 aliphatic rings. The highest BCUT2D eigenvalue weighted by molar-refractivity contribution is 7.89. The first-order valence-corrected chi connectivity index (χ1v) is 9.80. The maximum absolute atomic E-state index is 13.9. The van der Waals surface area contributed by atoms with Crippen molar-refractivity contribution in [3.05, 3.63) is 76.8 Å². The van der Waals surface area contributed by atoms with Crippen LogP contribution in [0.5, 0.6) is 0 Å². The monoisotopic (exact) mass is 447 g/mol. The third-order valence-corrected chi connectivity index (χ3v) is 5.40. The molecular formula is C19H11ClF5NO2S. The molecule has 0 atom stereocenters. The fraction of sp³-hybridized carbons (Fsp3) is 0.0526. The molecule has 3 rings (SSSR count). The molecule has 0 spiro atoms. The number of sulfonamides is 1. The quantitative estimate of drug-likeness (QED) is 0.530. The van der Waals surface area contributed by atoms with Gasteiger partial charge in [0.2, 0.25) is 10.0 Å². The maximum atomic E-state index is 13.9. The van der Waals surface area contributed by atoms with Crippen LogP contribution in [0.1, 0.15) is 5.56 Å². The number of benzene rings is 3. The zero-order chi connectivity index (χ0) is 21.6. The third kappa shape index (κ3) is 4.42. The van der Waals surface area contributed by atoms with Gasteiger partial charge >= 0.3 is 6.18 Å². The van der Waals surface area contributed by atoms with Gasteiger partial charge < -0.3 is 0 Å². The second-order valence-electron chi connectivity index (χ2n) is 6.07. The molecule has 3 nitrogen and oxygen atoms in total. The molecule has 10 heteroatoms. The summed E-state index contributed by atoms with van der Waals surface area (Å²) in [7, 11) is -3.98. The predicted octanol–water partition coefficient (Wildman–Crippen LogP) is 5.62. The summed E-state index contributed by atoms with van der Waals surface area (Å²) in [4.78, 5) is -0.212. The average Bonchev–Trinajstić information content (AvgIpc) is 2.62. The van der Waals surface area contributed by atoms with Gasteiger partial charge in [-0.3, -0.25) is 0 Å². The van der Waals surface area contributed by atoms with Crippen LogP contribution in [0, 0.1) is 11.6 Å². The number of primary sulfonamides is 1. The van der Waals surface area contributed by atoms with Gasteiger partial charge in [0.15, 0.2) is 11.6 Å². The fourth-order valence-electron chi connectivity index (χ4n) is 2.76. The van der Waals surface area contributed by atoms with E-state index in [1.165, 1.54) is 18.2 Å². The summed E-state index contributed by atoms with van der Waals surface area (Å²) in [6.07, 6.45) is -4.75. The Balaban J connectivity index is 2.23. The van der Waals surface area contributed by atoms with E-state index in [0.717, 1.165) is 36.4 Å². The number of hydrogen-bond donors (Lipinski definition) is 1. The van der Waals surface area contributed by atoms with Crippen LogP contribution in [-0.2, 0) is 16.2 Å². The topological polar surface area (TPSA) is 60.2 Å². The van der Waals surface area contributed by atoms with Crippen molar-refractivity contribution in [2.45, 2.75) is 11.1 Å². The molecule has 0 amide bonds. The number of alkyl halides is 3. The molecular weight excluding hydrogens is 437 g/mol. The Morgan fingerprint density at radius 2 is 1.28 bits per heavy atom. The summed E-state index contributed by atoms with van der Waals surface area (Å²) in [5.74, 6) is -2.47. The van der Waals surface area contributed by atoms with Crippen molar-refractivity contribution in [1.29, 1.82) is 0 Å². The molecule has 0 aromatic heterocycles. The lowest BCUT2D eigenvalue weighted by atomic mass is 9.93. The largest absolute Gasteiger partial charge is 0.417 e. The van der Waals surface area contributed by atoms with E-state index in [1.54, 1.807) is 0 Å². The Bertz CT molecular complexity index is 1190. The minimum absolute atomic E-state index is 0.0329. The molecule has 0 aliphatic heterocycles. The van der Waals surface area contributed by atoms with Crippen LogP contribution in [0.3, 0.4) is 0 Å². The van der Waals surface area contributed by atoms with Crippen LogP contribution < -0.4 is 5.14 Å². The number of rotatable bonds is 3.